The van der Waals surface area contributed by atoms with Crippen molar-refractivity contribution in [3.05, 3.63) is 5.69 Å². The molecule has 1 aromatic heterocycles. The van der Waals surface area contributed by atoms with Gasteiger partial charge in [0.15, 0.2) is 5.82 Å². The van der Waals surface area contributed by atoms with Gasteiger partial charge in [0.1, 0.15) is 0 Å². The lowest BCUT2D eigenvalue weighted by molar-refractivity contribution is -0.00931. The molecule has 5 heteroatoms. The maximum atomic E-state index is 6.33. The minimum absolute atomic E-state index is 0.325. The number of nitrogens with zero attached hydrogens (tertiary/aromatic N) is 3. The van der Waals surface area contributed by atoms with Crippen molar-refractivity contribution in [3.8, 4) is 0 Å². The molecule has 2 unspecified atom stereocenters. The normalized spacial score (nSPS) is 26.9. The van der Waals surface area contributed by atoms with Gasteiger partial charge in [-0.05, 0) is 33.6 Å². The zero-order chi connectivity index (χ0) is 14.3. The molecule has 2 N–H and O–H groups in total. The lowest BCUT2D eigenvalue weighted by Crippen LogP contribution is -2.53. The van der Waals surface area contributed by atoms with Crippen molar-refractivity contribution in [2.75, 3.05) is 23.8 Å². The second-order valence-corrected chi connectivity index (χ2v) is 6.32. The predicted molar refractivity (Wildman–Crippen MR) is 81.1 cm³/mol. The second-order valence-electron chi connectivity index (χ2n) is 6.32. The molecule has 20 heavy (non-hydrogen) atoms. The quantitative estimate of drug-likeness (QED) is 0.903. The van der Waals surface area contributed by atoms with E-state index in [1.807, 2.05) is 6.92 Å². The number of aryl methyl sites for hydroxylation is 1. The number of fused-ring (bicyclic) bond motifs is 1. The first-order valence-electron chi connectivity index (χ1n) is 7.82. The largest absolute Gasteiger partial charge is 0.394 e. The minimum atomic E-state index is 0.325. The topological polar surface area (TPSA) is 56.3 Å². The molecule has 2 fully saturated rings. The zero-order valence-electron chi connectivity index (χ0n) is 12.8. The number of anilines is 2. The predicted octanol–water partition coefficient (Wildman–Crippen LogP) is 2.50. The van der Waals surface area contributed by atoms with Crippen LogP contribution in [0.3, 0.4) is 0 Å². The van der Waals surface area contributed by atoms with E-state index in [0.717, 1.165) is 30.4 Å². The lowest BCUT2D eigenvalue weighted by atomic mass is 9.90. The van der Waals surface area contributed by atoms with Crippen LogP contribution in [0.25, 0.3) is 0 Å². The van der Waals surface area contributed by atoms with Crippen LogP contribution in [0.5, 0.6) is 0 Å². The van der Waals surface area contributed by atoms with Crippen molar-refractivity contribution in [1.29, 1.82) is 0 Å². The molecule has 2 atom stereocenters. The summed E-state index contributed by atoms with van der Waals surface area (Å²) in [6.07, 6.45) is 5.32. The first-order chi connectivity index (χ1) is 9.59. The Kier molecular flexibility index (Phi) is 3.63. The third-order valence-electron chi connectivity index (χ3n) is 4.60. The molecule has 2 heterocycles. The maximum absolute atomic E-state index is 6.33. The number of aromatic nitrogens is 2. The summed E-state index contributed by atoms with van der Waals surface area (Å²) in [7, 11) is 0. The van der Waals surface area contributed by atoms with E-state index in [-0.39, 0.29) is 0 Å². The highest BCUT2D eigenvalue weighted by molar-refractivity contribution is 5.67. The summed E-state index contributed by atoms with van der Waals surface area (Å²) in [5, 5.41) is 4.63. The van der Waals surface area contributed by atoms with E-state index < -0.39 is 0 Å². The van der Waals surface area contributed by atoms with Gasteiger partial charge < -0.3 is 15.4 Å². The highest BCUT2D eigenvalue weighted by Gasteiger charge is 2.37. The zero-order valence-corrected chi connectivity index (χ0v) is 12.8. The van der Waals surface area contributed by atoms with Crippen molar-refractivity contribution in [3.63, 3.8) is 0 Å². The van der Waals surface area contributed by atoms with Crippen LogP contribution in [0.4, 0.5) is 11.5 Å². The summed E-state index contributed by atoms with van der Waals surface area (Å²) in [5.41, 5.74) is 8.10. The van der Waals surface area contributed by atoms with Crippen LogP contribution in [0, 0.1) is 6.92 Å². The van der Waals surface area contributed by atoms with Crippen LogP contribution in [0.1, 0.15) is 51.3 Å². The van der Waals surface area contributed by atoms with Gasteiger partial charge in [0.05, 0.1) is 30.1 Å². The number of rotatable bonds is 2. The first kappa shape index (κ1) is 13.7. The Morgan fingerprint density at radius 2 is 2.05 bits per heavy atom. The minimum Gasteiger partial charge on any atom is -0.394 e. The monoisotopic (exact) mass is 278 g/mol. The molecule has 1 aromatic rings. The third-order valence-corrected chi connectivity index (χ3v) is 4.60. The summed E-state index contributed by atoms with van der Waals surface area (Å²) in [5.74, 6) is 1.11. The third kappa shape index (κ3) is 2.18. The Balaban J connectivity index is 1.98. The van der Waals surface area contributed by atoms with Gasteiger partial charge in [0, 0.05) is 12.6 Å². The highest BCUT2D eigenvalue weighted by atomic mass is 16.5. The summed E-state index contributed by atoms with van der Waals surface area (Å²) in [6.45, 7) is 8.03. The summed E-state index contributed by atoms with van der Waals surface area (Å²) in [6, 6.07) is 0.791. The molecule has 3 rings (SSSR count). The fraction of sp³-hybridized carbons (Fsp3) is 0.800. The average Bonchev–Trinajstić information content (AvgIpc) is 2.75. The van der Waals surface area contributed by atoms with Crippen molar-refractivity contribution in [1.82, 2.24) is 9.78 Å². The van der Waals surface area contributed by atoms with Crippen molar-refractivity contribution >= 4 is 11.5 Å². The number of hydrogen-bond donors (Lipinski definition) is 1. The molecular formula is C15H26N4O. The molecule has 0 amide bonds. The number of morpholine rings is 1. The molecule has 0 radical (unpaired) electrons. The van der Waals surface area contributed by atoms with Crippen molar-refractivity contribution in [2.45, 2.75) is 64.6 Å². The Morgan fingerprint density at radius 3 is 2.80 bits per heavy atom. The van der Waals surface area contributed by atoms with Crippen molar-refractivity contribution in [2.24, 2.45) is 0 Å². The number of nitrogens with two attached hydrogens (primary N) is 1. The van der Waals surface area contributed by atoms with E-state index in [1.54, 1.807) is 0 Å². The van der Waals surface area contributed by atoms with E-state index in [1.165, 1.54) is 25.7 Å². The molecule has 2 aliphatic rings. The van der Waals surface area contributed by atoms with Gasteiger partial charge in [-0.3, -0.25) is 0 Å². The van der Waals surface area contributed by atoms with Gasteiger partial charge in [-0.1, -0.05) is 12.8 Å². The SMILES string of the molecule is Cc1nn(C(C)C)c(N2CCOC3CCCCC32)c1N. The molecule has 0 spiro atoms. The Labute approximate surface area is 121 Å². The van der Waals surface area contributed by atoms with Gasteiger partial charge in [-0.25, -0.2) is 4.68 Å². The van der Waals surface area contributed by atoms with E-state index in [4.69, 9.17) is 10.5 Å². The molecule has 0 aromatic carbocycles. The van der Waals surface area contributed by atoms with E-state index in [0.29, 0.717) is 18.2 Å². The van der Waals surface area contributed by atoms with E-state index in [9.17, 15) is 0 Å². The maximum Gasteiger partial charge on any atom is 0.151 e. The second kappa shape index (κ2) is 5.28. The van der Waals surface area contributed by atoms with Gasteiger partial charge in [0.2, 0.25) is 0 Å². The fourth-order valence-electron chi connectivity index (χ4n) is 3.55. The van der Waals surface area contributed by atoms with Crippen LogP contribution in [0.15, 0.2) is 0 Å². The smallest absolute Gasteiger partial charge is 0.151 e. The van der Waals surface area contributed by atoms with Gasteiger partial charge in [0.25, 0.3) is 0 Å². The van der Waals surface area contributed by atoms with Crippen LogP contribution >= 0.6 is 0 Å². The molecule has 1 saturated carbocycles. The van der Waals surface area contributed by atoms with E-state index >= 15 is 0 Å². The van der Waals surface area contributed by atoms with Crippen LogP contribution < -0.4 is 10.6 Å². The summed E-state index contributed by atoms with van der Waals surface area (Å²) in [4.78, 5) is 2.46. The van der Waals surface area contributed by atoms with Crippen LogP contribution in [-0.2, 0) is 4.74 Å². The molecule has 1 aliphatic heterocycles. The Morgan fingerprint density at radius 1 is 1.30 bits per heavy atom. The molecule has 0 bridgehead atoms. The standard InChI is InChI=1S/C15H26N4O/c1-10(2)19-15(14(16)11(3)17-19)18-8-9-20-13-7-5-4-6-12(13)18/h10,12-13H,4-9,16H2,1-3H3. The Hall–Kier alpha value is -1.23. The van der Waals surface area contributed by atoms with E-state index in [2.05, 4.69) is 28.5 Å². The van der Waals surface area contributed by atoms with Gasteiger partial charge in [-0.15, -0.1) is 0 Å². The summed E-state index contributed by atoms with van der Waals surface area (Å²) < 4.78 is 8.05. The van der Waals surface area contributed by atoms with Crippen molar-refractivity contribution < 1.29 is 4.74 Å². The molecule has 1 saturated heterocycles. The molecule has 1 aliphatic carbocycles. The average molecular weight is 278 g/mol. The number of hydrogen-bond acceptors (Lipinski definition) is 4. The first-order valence-corrected chi connectivity index (χ1v) is 7.82. The molecule has 5 nitrogen and oxygen atoms in total. The number of ether oxygens (including phenoxy) is 1. The van der Waals surface area contributed by atoms with Crippen LogP contribution in [-0.4, -0.2) is 35.1 Å². The molecular weight excluding hydrogens is 252 g/mol. The Bertz CT molecular complexity index is 480. The highest BCUT2D eigenvalue weighted by Crippen LogP contribution is 2.36. The van der Waals surface area contributed by atoms with Gasteiger partial charge in [-0.2, -0.15) is 5.10 Å². The lowest BCUT2D eigenvalue weighted by Gasteiger charge is -2.45. The number of nitrogen functional groups attached to an aromatic ring is 1. The summed E-state index contributed by atoms with van der Waals surface area (Å²) >= 11 is 0. The van der Waals surface area contributed by atoms with Gasteiger partial charge >= 0.3 is 0 Å². The van der Waals surface area contributed by atoms with Crippen LogP contribution in [0.2, 0.25) is 0 Å². The fourth-order valence-corrected chi connectivity index (χ4v) is 3.55. The molecule has 112 valence electrons.